The zero-order valence-electron chi connectivity index (χ0n) is 13.9. The summed E-state index contributed by atoms with van der Waals surface area (Å²) in [6.07, 6.45) is 8.85. The molecule has 4 rings (SSSR count). The summed E-state index contributed by atoms with van der Waals surface area (Å²) in [5, 5.41) is 0. The highest BCUT2D eigenvalue weighted by Gasteiger charge is 2.27. The molecule has 5 heteroatoms. The smallest absolute Gasteiger partial charge is 0.123 e. The highest BCUT2D eigenvalue weighted by atomic mass is 15.2. The molecule has 2 aromatic rings. The molecule has 0 amide bonds. The van der Waals surface area contributed by atoms with E-state index in [2.05, 4.69) is 38.7 Å². The Kier molecular flexibility index (Phi) is 4.14. The Morgan fingerprint density at radius 1 is 1.26 bits per heavy atom. The SMILES string of the molecule is CN(Cc1cccnc1)Cc1cn2c(n1)CN(CC1CC1)CC2. The summed E-state index contributed by atoms with van der Waals surface area (Å²) < 4.78 is 2.34. The van der Waals surface area contributed by atoms with E-state index in [0.717, 1.165) is 32.1 Å². The van der Waals surface area contributed by atoms with Crippen LogP contribution in [0.4, 0.5) is 0 Å². The molecule has 1 fully saturated rings. The van der Waals surface area contributed by atoms with Crippen molar-refractivity contribution in [1.29, 1.82) is 0 Å². The maximum absolute atomic E-state index is 4.87. The molecule has 0 radical (unpaired) electrons. The third-order valence-electron chi connectivity index (χ3n) is 4.75. The number of pyridine rings is 1. The van der Waals surface area contributed by atoms with Gasteiger partial charge < -0.3 is 4.57 Å². The molecular formula is C18H25N5. The van der Waals surface area contributed by atoms with Crippen molar-refractivity contribution in [2.24, 2.45) is 5.92 Å². The number of nitrogens with zero attached hydrogens (tertiary/aromatic N) is 5. The van der Waals surface area contributed by atoms with Gasteiger partial charge in [-0.3, -0.25) is 14.8 Å². The summed E-state index contributed by atoms with van der Waals surface area (Å²) in [7, 11) is 2.14. The molecule has 1 aliphatic heterocycles. The fraction of sp³-hybridized carbons (Fsp3) is 0.556. The molecule has 0 saturated heterocycles. The van der Waals surface area contributed by atoms with Crippen molar-refractivity contribution in [3.05, 3.63) is 47.8 Å². The van der Waals surface area contributed by atoms with Gasteiger partial charge in [0.25, 0.3) is 0 Å². The van der Waals surface area contributed by atoms with E-state index in [4.69, 9.17) is 4.98 Å². The van der Waals surface area contributed by atoms with Gasteiger partial charge in [-0.05, 0) is 37.4 Å². The lowest BCUT2D eigenvalue weighted by atomic mass is 10.2. The minimum absolute atomic E-state index is 0.886. The molecule has 2 aliphatic rings. The predicted octanol–water partition coefficient (Wildman–Crippen LogP) is 2.14. The molecule has 5 nitrogen and oxygen atoms in total. The monoisotopic (exact) mass is 311 g/mol. The lowest BCUT2D eigenvalue weighted by Gasteiger charge is -2.27. The third-order valence-corrected chi connectivity index (χ3v) is 4.75. The van der Waals surface area contributed by atoms with E-state index in [1.54, 1.807) is 0 Å². The lowest BCUT2D eigenvalue weighted by molar-refractivity contribution is 0.208. The lowest BCUT2D eigenvalue weighted by Crippen LogP contribution is -2.34. The standard InChI is InChI=1S/C18H25N5/c1-21(10-16-3-2-6-19-9-16)12-17-13-23-8-7-22(11-15-4-5-15)14-18(23)20-17/h2-3,6,9,13,15H,4-5,7-8,10-12,14H2,1H3. The van der Waals surface area contributed by atoms with Gasteiger partial charge >= 0.3 is 0 Å². The Bertz CT molecular complexity index is 647. The van der Waals surface area contributed by atoms with Crippen LogP contribution in [0.1, 0.15) is 29.9 Å². The van der Waals surface area contributed by atoms with Crippen LogP contribution in [0.5, 0.6) is 0 Å². The molecule has 1 aliphatic carbocycles. The largest absolute Gasteiger partial charge is 0.332 e. The molecule has 3 heterocycles. The second-order valence-corrected chi connectivity index (χ2v) is 7.05. The molecule has 1 saturated carbocycles. The predicted molar refractivity (Wildman–Crippen MR) is 89.6 cm³/mol. The molecule has 0 N–H and O–H groups in total. The summed E-state index contributed by atoms with van der Waals surface area (Å²) in [6, 6.07) is 4.12. The van der Waals surface area contributed by atoms with Crippen LogP contribution >= 0.6 is 0 Å². The summed E-state index contributed by atoms with van der Waals surface area (Å²) in [5.41, 5.74) is 2.43. The molecule has 0 aromatic carbocycles. The van der Waals surface area contributed by atoms with E-state index in [0.29, 0.717) is 0 Å². The molecule has 0 unspecified atom stereocenters. The highest BCUT2D eigenvalue weighted by Crippen LogP contribution is 2.30. The molecular weight excluding hydrogens is 286 g/mol. The summed E-state index contributed by atoms with van der Waals surface area (Å²) in [6.45, 7) is 6.33. The quantitative estimate of drug-likeness (QED) is 0.819. The first-order valence-corrected chi connectivity index (χ1v) is 8.61. The van der Waals surface area contributed by atoms with Crippen molar-refractivity contribution >= 4 is 0 Å². The zero-order chi connectivity index (χ0) is 15.6. The third kappa shape index (κ3) is 3.79. The molecule has 2 aromatic heterocycles. The molecule has 0 atom stereocenters. The van der Waals surface area contributed by atoms with Crippen LogP contribution in [-0.2, 0) is 26.2 Å². The van der Waals surface area contributed by atoms with Gasteiger partial charge in [0.05, 0.1) is 12.2 Å². The number of imidazole rings is 1. The number of aromatic nitrogens is 3. The topological polar surface area (TPSA) is 37.2 Å². The second-order valence-electron chi connectivity index (χ2n) is 7.05. The summed E-state index contributed by atoms with van der Waals surface area (Å²) in [5.74, 6) is 2.20. The Labute approximate surface area is 138 Å². The van der Waals surface area contributed by atoms with Gasteiger partial charge in [-0.1, -0.05) is 6.07 Å². The minimum atomic E-state index is 0.886. The Hall–Kier alpha value is -1.72. The number of hydrogen-bond donors (Lipinski definition) is 0. The van der Waals surface area contributed by atoms with E-state index < -0.39 is 0 Å². The zero-order valence-corrected chi connectivity index (χ0v) is 13.9. The maximum atomic E-state index is 4.87. The van der Waals surface area contributed by atoms with Crippen LogP contribution in [0.15, 0.2) is 30.7 Å². The van der Waals surface area contributed by atoms with Crippen molar-refractivity contribution in [2.75, 3.05) is 20.1 Å². The van der Waals surface area contributed by atoms with Crippen molar-refractivity contribution in [2.45, 2.75) is 39.0 Å². The highest BCUT2D eigenvalue weighted by molar-refractivity contribution is 5.10. The van der Waals surface area contributed by atoms with Crippen LogP contribution in [0.3, 0.4) is 0 Å². The van der Waals surface area contributed by atoms with Crippen LogP contribution in [0.25, 0.3) is 0 Å². The first-order chi connectivity index (χ1) is 11.3. The maximum Gasteiger partial charge on any atom is 0.123 e. The van der Waals surface area contributed by atoms with Crippen LogP contribution in [-0.4, -0.2) is 44.5 Å². The minimum Gasteiger partial charge on any atom is -0.332 e. The molecule has 0 bridgehead atoms. The van der Waals surface area contributed by atoms with Gasteiger partial charge in [-0.2, -0.15) is 0 Å². The first-order valence-electron chi connectivity index (χ1n) is 8.61. The van der Waals surface area contributed by atoms with Gasteiger partial charge in [0.2, 0.25) is 0 Å². The van der Waals surface area contributed by atoms with Crippen LogP contribution in [0.2, 0.25) is 0 Å². The van der Waals surface area contributed by atoms with Crippen LogP contribution < -0.4 is 0 Å². The van der Waals surface area contributed by atoms with Gasteiger partial charge in [-0.15, -0.1) is 0 Å². The Morgan fingerprint density at radius 3 is 2.96 bits per heavy atom. The average Bonchev–Trinajstić information content (AvgIpc) is 3.26. The van der Waals surface area contributed by atoms with Crippen molar-refractivity contribution in [3.63, 3.8) is 0 Å². The van der Waals surface area contributed by atoms with E-state index in [1.807, 2.05) is 18.5 Å². The van der Waals surface area contributed by atoms with Gasteiger partial charge in [0, 0.05) is 51.3 Å². The fourth-order valence-corrected chi connectivity index (χ4v) is 3.39. The van der Waals surface area contributed by atoms with E-state index in [-0.39, 0.29) is 0 Å². The number of hydrogen-bond acceptors (Lipinski definition) is 4. The number of fused-ring (bicyclic) bond motifs is 1. The summed E-state index contributed by atoms with van der Waals surface area (Å²) in [4.78, 5) is 13.9. The summed E-state index contributed by atoms with van der Waals surface area (Å²) >= 11 is 0. The van der Waals surface area contributed by atoms with Gasteiger partial charge in [0.1, 0.15) is 5.82 Å². The Balaban J connectivity index is 1.36. The number of rotatable bonds is 6. The second kappa shape index (κ2) is 6.42. The van der Waals surface area contributed by atoms with Gasteiger partial charge in [0.15, 0.2) is 0 Å². The first kappa shape index (κ1) is 14.8. The van der Waals surface area contributed by atoms with Crippen molar-refractivity contribution in [1.82, 2.24) is 24.3 Å². The normalized spacial score (nSPS) is 18.3. The van der Waals surface area contributed by atoms with Crippen LogP contribution in [0, 0.1) is 5.92 Å². The van der Waals surface area contributed by atoms with Crippen molar-refractivity contribution in [3.8, 4) is 0 Å². The van der Waals surface area contributed by atoms with Gasteiger partial charge in [-0.25, -0.2) is 4.98 Å². The van der Waals surface area contributed by atoms with E-state index in [1.165, 1.54) is 43.0 Å². The molecule has 122 valence electrons. The van der Waals surface area contributed by atoms with E-state index in [9.17, 15) is 0 Å². The molecule has 23 heavy (non-hydrogen) atoms. The van der Waals surface area contributed by atoms with E-state index >= 15 is 0 Å². The van der Waals surface area contributed by atoms with Crippen molar-refractivity contribution < 1.29 is 0 Å². The fourth-order valence-electron chi connectivity index (χ4n) is 3.39. The molecule has 0 spiro atoms. The Morgan fingerprint density at radius 2 is 2.17 bits per heavy atom. The average molecular weight is 311 g/mol.